The summed E-state index contributed by atoms with van der Waals surface area (Å²) in [7, 11) is 0. The van der Waals surface area contributed by atoms with Crippen molar-refractivity contribution < 1.29 is 114 Å². The minimum absolute atomic E-state index is 0.0124. The standard InChI is InChI=1S/C56H90N18O21/c1-29(79)43-53(90)61-19-4-3-8-34(46(83)66-37(11-7-23-74(95)28-78)50(87)71-44(30(2)80)54(91)72-43)65-47(84)36(10-6-22-73(94)27-77)68-52(89)40(25-75)69-48(85)35(9-5-20-62-56(58)59)67-51(88)41(26-76)70-49(86)38-18-21-60-45(64-38)39(24-31-12-14-32(81)15-13-31)63-42(82)17-16-33(57)55(92)93/h12-15,27-30,33-41,43-44,75-76,79-81,94-95H,3-11,16-26,57H2,1-2H3,(H,60,64)(H,61,90)(H,63,82)(H,65,84)(H,66,83)(H,67,88)(H,68,89)(H,69,85)(H,70,86)(H,71,87)(H,72,91)(H,92,93)(H4,58,59,62)/p+1/t29?,30?,33-,34-,35-,36-,37-,38-,39?,40-,41-,43-,44-/m0/s1. The van der Waals surface area contributed by atoms with Crippen molar-refractivity contribution in [3.8, 4) is 5.75 Å². The molecule has 1 aromatic rings. The Hall–Kier alpha value is -9.41. The number of nitrogens with zero attached hydrogens (tertiary/aromatic N) is 3. The number of aliphatic hydroxyl groups is 4. The third-order valence-electron chi connectivity index (χ3n) is 14.9. The van der Waals surface area contributed by atoms with Crippen molar-refractivity contribution in [2.75, 3.05) is 45.9 Å². The maximum atomic E-state index is 14.4. The van der Waals surface area contributed by atoms with Crippen LogP contribution in [0.1, 0.15) is 96.5 Å². The van der Waals surface area contributed by atoms with Crippen LogP contribution in [0.25, 0.3) is 0 Å². The topological polar surface area (TPSA) is 631 Å². The monoisotopic (exact) mass is 1350 g/mol. The molecule has 1 aromatic carbocycles. The molecule has 0 aromatic heterocycles. The van der Waals surface area contributed by atoms with Crippen LogP contribution in [0.15, 0.2) is 29.3 Å². The number of hydroxylamine groups is 4. The largest absolute Gasteiger partial charge is 0.544 e. The molecule has 39 heteroatoms. The zero-order chi connectivity index (χ0) is 70.9. The molecule has 26 N–H and O–H groups in total. The number of amides is 12. The molecule has 530 valence electrons. The zero-order valence-electron chi connectivity index (χ0n) is 52.7. The highest BCUT2D eigenvalue weighted by atomic mass is 16.5. The van der Waals surface area contributed by atoms with Crippen LogP contribution in [-0.4, -0.2) is 260 Å². The number of carbonyl (C=O) groups excluding carboxylic acids is 13. The van der Waals surface area contributed by atoms with Gasteiger partial charge in [-0.05, 0) is 102 Å². The number of carboxylic acids is 1. The van der Waals surface area contributed by atoms with Crippen molar-refractivity contribution in [2.24, 2.45) is 16.5 Å². The van der Waals surface area contributed by atoms with Crippen LogP contribution in [0.3, 0.4) is 0 Å². The number of aromatic hydroxyl groups is 1. The Balaban J connectivity index is 1.93. The number of aliphatic carboxylic acids is 1. The van der Waals surface area contributed by atoms with Gasteiger partial charge in [0.15, 0.2) is 0 Å². The molecule has 1 saturated heterocycles. The Morgan fingerprint density at radius 2 is 1.26 bits per heavy atom. The van der Waals surface area contributed by atoms with Crippen molar-refractivity contribution >= 4 is 89.7 Å². The highest BCUT2D eigenvalue weighted by Gasteiger charge is 2.38. The SMILES string of the molecule is CC(O)[C@@H]1NC(=O)[C@H](CCCN(O)C=O)NC(=O)[C@@H](NC(=O)[C@H](CCCN(O)C=O)NC(=O)[C@H](CO)NC(=O)[C@H](CCC[NH+]=C(N)N)NC(=O)[C@H](CO)NC(=O)[C@@H]2CCNC(C(Cc3ccc(O)cc3)NC(=O)CC[C@H]([NH3+])C(=O)[O-])=N2)CCCCNC(=O)[C@H](C(C)O)NC1=O. The second kappa shape index (κ2) is 41.3. The van der Waals surface area contributed by atoms with E-state index < -0.39 is 170 Å². The van der Waals surface area contributed by atoms with Gasteiger partial charge in [-0.25, -0.2) is 10.1 Å². The van der Waals surface area contributed by atoms with Crippen molar-refractivity contribution in [1.29, 1.82) is 0 Å². The number of phenols is 1. The number of aliphatic imine (C=N–C) groups is 1. The zero-order valence-corrected chi connectivity index (χ0v) is 52.7. The van der Waals surface area contributed by atoms with E-state index in [0.717, 1.165) is 6.92 Å². The molecule has 2 aliphatic rings. The summed E-state index contributed by atoms with van der Waals surface area (Å²) in [6, 6.07) is -11.1. The number of benzene rings is 1. The summed E-state index contributed by atoms with van der Waals surface area (Å²) in [5, 5.41) is 111. The van der Waals surface area contributed by atoms with Gasteiger partial charge in [-0.3, -0.25) is 89.4 Å². The highest BCUT2D eigenvalue weighted by Crippen LogP contribution is 2.16. The maximum Gasteiger partial charge on any atom is 0.338 e. The van der Waals surface area contributed by atoms with Gasteiger partial charge in [0.25, 0.3) is 0 Å². The van der Waals surface area contributed by atoms with Gasteiger partial charge in [-0.1, -0.05) is 12.1 Å². The first-order valence-corrected chi connectivity index (χ1v) is 30.7. The first-order valence-electron chi connectivity index (χ1n) is 30.7. The number of quaternary nitrogens is 1. The van der Waals surface area contributed by atoms with E-state index in [0.29, 0.717) is 5.56 Å². The molecule has 0 saturated carbocycles. The van der Waals surface area contributed by atoms with E-state index in [1.54, 1.807) is 12.1 Å². The minimum atomic E-state index is -1.94. The third kappa shape index (κ3) is 28.4. The Labute approximate surface area is 544 Å². The molecule has 39 nitrogen and oxygen atoms in total. The lowest BCUT2D eigenvalue weighted by molar-refractivity contribution is -0.459. The van der Waals surface area contributed by atoms with Crippen LogP contribution in [0.4, 0.5) is 0 Å². The fourth-order valence-corrected chi connectivity index (χ4v) is 9.55. The van der Waals surface area contributed by atoms with E-state index in [2.05, 4.69) is 74.2 Å². The number of aliphatic hydroxyl groups excluding tert-OH is 4. The number of hydrogen-bond donors (Lipinski definition) is 22. The smallest absolute Gasteiger partial charge is 0.338 e. The highest BCUT2D eigenvalue weighted by molar-refractivity contribution is 5.99. The number of amidine groups is 1. The lowest BCUT2D eigenvalue weighted by atomic mass is 10.0. The number of rotatable bonds is 36. The summed E-state index contributed by atoms with van der Waals surface area (Å²) in [6.07, 6.45) is -4.87. The van der Waals surface area contributed by atoms with E-state index in [-0.39, 0.29) is 144 Å². The van der Waals surface area contributed by atoms with Crippen molar-refractivity contribution in [2.45, 2.75) is 176 Å². The molecule has 2 heterocycles. The number of carbonyl (C=O) groups is 13. The second-order valence-electron chi connectivity index (χ2n) is 22.6. The molecule has 1 fully saturated rings. The predicted molar refractivity (Wildman–Crippen MR) is 324 cm³/mol. The van der Waals surface area contributed by atoms with Gasteiger partial charge in [-0.15, -0.1) is 0 Å². The summed E-state index contributed by atoms with van der Waals surface area (Å²) in [5.74, 6) is -11.9. The number of nitrogens with two attached hydrogens (primary N) is 2. The molecular formula is C56H91N18O21+. The number of hydrogen-bond acceptors (Lipinski definition) is 23. The average molecular weight is 1350 g/mol. The number of carboxylic acid groups (broad SMARTS) is 1. The van der Waals surface area contributed by atoms with Crippen LogP contribution < -0.4 is 85.8 Å². The molecule has 13 atom stereocenters. The fraction of sp³-hybridized carbons (Fsp3) is 0.625. The van der Waals surface area contributed by atoms with Crippen LogP contribution in [-0.2, 0) is 68.7 Å². The average Bonchev–Trinajstić information content (AvgIpc) is 1.05. The van der Waals surface area contributed by atoms with E-state index >= 15 is 0 Å². The van der Waals surface area contributed by atoms with Gasteiger partial charge in [0.2, 0.25) is 71.9 Å². The fourth-order valence-electron chi connectivity index (χ4n) is 9.55. The molecule has 0 radical (unpaired) electrons. The lowest BCUT2D eigenvalue weighted by Crippen LogP contribution is -2.78. The first kappa shape index (κ1) is 79.8. The molecule has 0 bridgehead atoms. The predicted octanol–water partition coefficient (Wildman–Crippen LogP) is -13.4. The molecule has 95 heavy (non-hydrogen) atoms. The van der Waals surface area contributed by atoms with E-state index in [1.165, 1.54) is 19.1 Å². The molecule has 2 aliphatic heterocycles. The van der Waals surface area contributed by atoms with Crippen LogP contribution in [0.2, 0.25) is 0 Å². The van der Waals surface area contributed by atoms with Gasteiger partial charge in [-0.2, -0.15) is 0 Å². The Morgan fingerprint density at radius 3 is 1.85 bits per heavy atom. The molecular weight excluding hydrogens is 1260 g/mol. The lowest BCUT2D eigenvalue weighted by Gasteiger charge is -2.29. The number of nitrogens with one attached hydrogen (secondary N) is 12. The van der Waals surface area contributed by atoms with Crippen LogP contribution in [0, 0.1) is 0 Å². The van der Waals surface area contributed by atoms with E-state index in [4.69, 9.17) is 11.5 Å². The summed E-state index contributed by atoms with van der Waals surface area (Å²) in [5.41, 5.74) is 15.1. The van der Waals surface area contributed by atoms with E-state index in [1.807, 2.05) is 0 Å². The third-order valence-corrected chi connectivity index (χ3v) is 14.9. The first-order chi connectivity index (χ1) is 45.0. The van der Waals surface area contributed by atoms with Crippen molar-refractivity contribution in [1.82, 2.24) is 68.6 Å². The van der Waals surface area contributed by atoms with Crippen LogP contribution in [0.5, 0.6) is 5.75 Å². The molecule has 0 aliphatic carbocycles. The summed E-state index contributed by atoms with van der Waals surface area (Å²) >= 11 is 0. The molecule has 0 spiro atoms. The number of phenolic OH excluding ortho intramolecular Hbond substituents is 1. The van der Waals surface area contributed by atoms with Gasteiger partial charge >= 0.3 is 5.96 Å². The number of guanidine groups is 1. The molecule has 12 amide bonds. The van der Waals surface area contributed by atoms with Gasteiger partial charge in [0.1, 0.15) is 72.0 Å². The van der Waals surface area contributed by atoms with E-state index in [9.17, 15) is 103 Å². The Bertz CT molecular complexity index is 2830. The summed E-state index contributed by atoms with van der Waals surface area (Å²) in [4.78, 5) is 179. The van der Waals surface area contributed by atoms with Gasteiger partial charge in [0, 0.05) is 39.0 Å². The van der Waals surface area contributed by atoms with Gasteiger partial charge in [0.05, 0.1) is 44.0 Å². The normalized spacial score (nSPS) is 20.4. The molecule has 3 unspecified atom stereocenters. The summed E-state index contributed by atoms with van der Waals surface area (Å²) < 4.78 is 0. The second-order valence-corrected chi connectivity index (χ2v) is 22.6. The Kier molecular flexibility index (Phi) is 34.7. The molecule has 3 rings (SSSR count). The quantitative estimate of drug-likeness (QED) is 0.00741. The van der Waals surface area contributed by atoms with Crippen LogP contribution >= 0.6 is 0 Å². The summed E-state index contributed by atoms with van der Waals surface area (Å²) in [6.45, 7) is -0.666. The van der Waals surface area contributed by atoms with Crippen molar-refractivity contribution in [3.05, 3.63) is 29.8 Å². The van der Waals surface area contributed by atoms with Gasteiger partial charge < -0.3 is 99.7 Å². The maximum absolute atomic E-state index is 14.4. The van der Waals surface area contributed by atoms with Crippen molar-refractivity contribution in [3.63, 3.8) is 0 Å². The Morgan fingerprint density at radius 1 is 0.705 bits per heavy atom. The minimum Gasteiger partial charge on any atom is -0.544 e.